The second-order valence-electron chi connectivity index (χ2n) is 11.4. The van der Waals surface area contributed by atoms with Crippen molar-refractivity contribution in [3.8, 4) is 0 Å². The van der Waals surface area contributed by atoms with Gasteiger partial charge in [-0.2, -0.15) is 0 Å². The highest BCUT2D eigenvalue weighted by Crippen LogP contribution is 2.65. The Morgan fingerprint density at radius 1 is 0.825 bits per heavy atom. The molecule has 0 saturated carbocycles. The number of hydrogen-bond donors (Lipinski definition) is 0. The van der Waals surface area contributed by atoms with Crippen LogP contribution < -0.4 is 0 Å². The van der Waals surface area contributed by atoms with Crippen LogP contribution >= 0.6 is 23.2 Å². The van der Waals surface area contributed by atoms with Gasteiger partial charge < -0.3 is 4.90 Å². The monoisotopic (exact) mass is 566 g/mol. The molecule has 2 aliphatic heterocycles. The number of nitrogens with zero attached hydrogens (tertiary/aromatic N) is 2. The minimum atomic E-state index is -1.15. The Hall–Kier alpha value is -3.28. The van der Waals surface area contributed by atoms with E-state index in [0.717, 1.165) is 27.5 Å². The zero-order valence-electron chi connectivity index (χ0n) is 22.3. The summed E-state index contributed by atoms with van der Waals surface area (Å²) in [6.45, 7) is 1.52. The maximum Gasteiger partial charge on any atom is 0.189 e. The maximum absolute atomic E-state index is 15.2. The number of likely N-dealkylation sites (tertiary alicyclic amines) is 2. The lowest BCUT2D eigenvalue weighted by molar-refractivity contribution is -0.134. The summed E-state index contributed by atoms with van der Waals surface area (Å²) in [5, 5.41) is 3.27. The Morgan fingerprint density at radius 2 is 1.48 bits per heavy atom. The summed E-state index contributed by atoms with van der Waals surface area (Å²) in [6.07, 6.45) is 1.97. The zero-order valence-corrected chi connectivity index (χ0v) is 23.8. The number of carbonyl (C=O) groups is 2. The van der Waals surface area contributed by atoms with E-state index < -0.39 is 11.0 Å². The molecule has 2 spiro atoms. The van der Waals surface area contributed by atoms with E-state index >= 15 is 4.79 Å². The smallest absolute Gasteiger partial charge is 0.189 e. The molecule has 0 amide bonds. The lowest BCUT2D eigenvalue weighted by Crippen LogP contribution is -2.64. The second kappa shape index (κ2) is 9.12. The standard InChI is InChI=1S/C34H28Cl2N2O2/c1-37-18-24(17-21-9-13-25(35)14-10-21)31(39)33(20-37)29(22-11-15-26(36)16-12-22)19-38(2)34(33)28-8-4-6-23-5-3-7-27(30(23)28)32(34)40/h3-17,29H,18-20H2,1-2H3/b24-17+/t29-,33+,34+/m0/s1. The number of halogens is 2. The first kappa shape index (κ1) is 25.7. The molecule has 0 unspecified atom stereocenters. The highest BCUT2D eigenvalue weighted by Gasteiger charge is 2.74. The van der Waals surface area contributed by atoms with Gasteiger partial charge in [-0.05, 0) is 71.9 Å². The van der Waals surface area contributed by atoms with Gasteiger partial charge in [0, 0.05) is 46.7 Å². The number of Topliss-reactive ketones (excluding diaryl/α,β-unsaturated/α-hetero) is 2. The summed E-state index contributed by atoms with van der Waals surface area (Å²) in [7, 11) is 4.05. The van der Waals surface area contributed by atoms with E-state index in [1.54, 1.807) is 0 Å². The van der Waals surface area contributed by atoms with Crippen LogP contribution in [-0.4, -0.2) is 55.1 Å². The van der Waals surface area contributed by atoms with Gasteiger partial charge in [0.05, 0.1) is 5.41 Å². The first-order chi connectivity index (χ1) is 19.3. The fraction of sp³-hybridized carbons (Fsp3) is 0.235. The second-order valence-corrected chi connectivity index (χ2v) is 12.3. The predicted octanol–water partition coefficient (Wildman–Crippen LogP) is 6.85. The molecule has 7 rings (SSSR count). The quantitative estimate of drug-likeness (QED) is 0.249. The summed E-state index contributed by atoms with van der Waals surface area (Å²) < 4.78 is 0. The topological polar surface area (TPSA) is 40.6 Å². The lowest BCUT2D eigenvalue weighted by atomic mass is 9.55. The van der Waals surface area contributed by atoms with Crippen LogP contribution in [0.25, 0.3) is 16.8 Å². The minimum absolute atomic E-state index is 0.00718. The van der Waals surface area contributed by atoms with Gasteiger partial charge in [-0.25, -0.2) is 0 Å². The fourth-order valence-corrected chi connectivity index (χ4v) is 8.09. The van der Waals surface area contributed by atoms with Crippen LogP contribution in [0.3, 0.4) is 0 Å². The summed E-state index contributed by atoms with van der Waals surface area (Å²) in [4.78, 5) is 34.5. The summed E-state index contributed by atoms with van der Waals surface area (Å²) in [5.41, 5.74) is 2.03. The Kier molecular flexibility index (Phi) is 5.85. The number of carbonyl (C=O) groups excluding carboxylic acids is 2. The van der Waals surface area contributed by atoms with Crippen molar-refractivity contribution in [2.24, 2.45) is 5.41 Å². The molecule has 3 atom stereocenters. The Balaban J connectivity index is 1.53. The first-order valence-electron chi connectivity index (χ1n) is 13.5. The molecule has 1 aliphatic carbocycles. The van der Waals surface area contributed by atoms with Crippen molar-refractivity contribution in [1.29, 1.82) is 0 Å². The van der Waals surface area contributed by atoms with E-state index in [0.29, 0.717) is 40.8 Å². The van der Waals surface area contributed by atoms with Gasteiger partial charge >= 0.3 is 0 Å². The first-order valence-corrected chi connectivity index (χ1v) is 14.3. The van der Waals surface area contributed by atoms with Crippen molar-refractivity contribution in [3.63, 3.8) is 0 Å². The van der Waals surface area contributed by atoms with Gasteiger partial charge in [0.25, 0.3) is 0 Å². The predicted molar refractivity (Wildman–Crippen MR) is 161 cm³/mol. The minimum Gasteiger partial charge on any atom is -0.301 e. The van der Waals surface area contributed by atoms with Crippen molar-refractivity contribution in [1.82, 2.24) is 9.80 Å². The molecule has 4 nitrogen and oxygen atoms in total. The van der Waals surface area contributed by atoms with Crippen LogP contribution in [0.15, 0.2) is 90.5 Å². The molecule has 4 aromatic carbocycles. The van der Waals surface area contributed by atoms with Gasteiger partial charge in [-0.1, -0.05) is 83.9 Å². The van der Waals surface area contributed by atoms with E-state index in [1.165, 1.54) is 0 Å². The molecule has 3 aliphatic rings. The van der Waals surface area contributed by atoms with Crippen molar-refractivity contribution in [2.75, 3.05) is 33.7 Å². The van der Waals surface area contributed by atoms with Gasteiger partial charge in [0.15, 0.2) is 11.6 Å². The van der Waals surface area contributed by atoms with Crippen molar-refractivity contribution >= 4 is 51.6 Å². The molecular formula is C34H28Cl2N2O2. The number of rotatable bonds is 2. The molecule has 2 saturated heterocycles. The number of likely N-dealkylation sites (N-methyl/N-ethyl adjacent to an activating group) is 2. The molecule has 0 radical (unpaired) electrons. The molecule has 0 N–H and O–H groups in total. The number of fused-ring (bicyclic) bond motifs is 2. The number of piperidine rings is 1. The van der Waals surface area contributed by atoms with Gasteiger partial charge in [-0.15, -0.1) is 0 Å². The molecule has 2 fully saturated rings. The fourth-order valence-electron chi connectivity index (χ4n) is 7.84. The van der Waals surface area contributed by atoms with Gasteiger partial charge in [0.1, 0.15) is 5.54 Å². The molecule has 0 aromatic heterocycles. The molecule has 4 aromatic rings. The van der Waals surface area contributed by atoms with E-state index in [9.17, 15) is 4.79 Å². The molecule has 6 heteroatoms. The van der Waals surface area contributed by atoms with Crippen molar-refractivity contribution in [2.45, 2.75) is 11.5 Å². The third-order valence-electron chi connectivity index (χ3n) is 9.28. The summed E-state index contributed by atoms with van der Waals surface area (Å²) >= 11 is 12.5. The lowest BCUT2D eigenvalue weighted by Gasteiger charge is -2.51. The SMILES string of the molecule is CN1C/C(=C\c2ccc(Cl)cc2)C(=O)[C@@]2(C1)[C@H](c1ccc(Cl)cc1)CN(C)[C@]21C(=O)c2cccc3cccc1c23. The van der Waals surface area contributed by atoms with Crippen molar-refractivity contribution in [3.05, 3.63) is 123 Å². The average molecular weight is 568 g/mol. The maximum atomic E-state index is 15.2. The zero-order chi connectivity index (χ0) is 27.8. The van der Waals surface area contributed by atoms with Gasteiger partial charge in [0.2, 0.25) is 0 Å². The van der Waals surface area contributed by atoms with Crippen molar-refractivity contribution < 1.29 is 9.59 Å². The van der Waals surface area contributed by atoms with E-state index in [2.05, 4.69) is 15.9 Å². The van der Waals surface area contributed by atoms with Crippen LogP contribution in [0.4, 0.5) is 0 Å². The van der Waals surface area contributed by atoms with E-state index in [1.807, 2.05) is 99.0 Å². The highest BCUT2D eigenvalue weighted by molar-refractivity contribution is 6.31. The molecule has 40 heavy (non-hydrogen) atoms. The van der Waals surface area contributed by atoms with Gasteiger partial charge in [-0.3, -0.25) is 14.5 Å². The van der Waals surface area contributed by atoms with Crippen LogP contribution in [0.2, 0.25) is 10.0 Å². The van der Waals surface area contributed by atoms with Crippen LogP contribution in [0.1, 0.15) is 33.0 Å². The molecule has 0 bridgehead atoms. The van der Waals surface area contributed by atoms with Crippen LogP contribution in [-0.2, 0) is 10.3 Å². The molecular weight excluding hydrogens is 539 g/mol. The molecule has 200 valence electrons. The Labute approximate surface area is 243 Å². The highest BCUT2D eigenvalue weighted by atomic mass is 35.5. The summed E-state index contributed by atoms with van der Waals surface area (Å²) in [5.74, 6) is -0.192. The third-order valence-corrected chi connectivity index (χ3v) is 9.78. The largest absolute Gasteiger partial charge is 0.301 e. The van der Waals surface area contributed by atoms with Crippen LogP contribution in [0.5, 0.6) is 0 Å². The normalized spacial score (nSPS) is 27.6. The number of hydrogen-bond acceptors (Lipinski definition) is 4. The average Bonchev–Trinajstić information content (AvgIpc) is 3.36. The molecule has 2 heterocycles. The van der Waals surface area contributed by atoms with E-state index in [-0.39, 0.29) is 17.5 Å². The summed E-state index contributed by atoms with van der Waals surface area (Å²) in [6, 6.07) is 27.3. The Morgan fingerprint density at radius 3 is 2.17 bits per heavy atom. The Bertz CT molecular complexity index is 1720. The van der Waals surface area contributed by atoms with E-state index in [4.69, 9.17) is 23.2 Å². The number of benzene rings is 4. The van der Waals surface area contributed by atoms with Crippen LogP contribution in [0, 0.1) is 5.41 Å². The number of ketones is 2. The third kappa shape index (κ3) is 3.34.